The van der Waals surface area contributed by atoms with E-state index < -0.39 is 0 Å². The van der Waals surface area contributed by atoms with Crippen molar-refractivity contribution in [3.63, 3.8) is 0 Å². The molecule has 1 heterocycles. The number of hydrogen-bond acceptors (Lipinski definition) is 3. The van der Waals surface area contributed by atoms with Gasteiger partial charge in [0, 0.05) is 29.4 Å². The van der Waals surface area contributed by atoms with Crippen LogP contribution in [0.25, 0.3) is 0 Å². The van der Waals surface area contributed by atoms with Crippen LogP contribution in [0.4, 0.5) is 11.4 Å². The number of amides is 2. The summed E-state index contributed by atoms with van der Waals surface area (Å²) in [6.07, 6.45) is 1.16. The molecule has 1 N–H and O–H groups in total. The van der Waals surface area contributed by atoms with Gasteiger partial charge in [0.15, 0.2) is 0 Å². The Morgan fingerprint density at radius 2 is 2.04 bits per heavy atom. The van der Waals surface area contributed by atoms with Gasteiger partial charge in [0.2, 0.25) is 5.91 Å². The lowest BCUT2D eigenvalue weighted by atomic mass is 10.0. The van der Waals surface area contributed by atoms with Crippen molar-refractivity contribution in [2.45, 2.75) is 19.8 Å². The summed E-state index contributed by atoms with van der Waals surface area (Å²) in [6.45, 7) is 2.59. The quantitative estimate of drug-likeness (QED) is 0.901. The number of aryl methyl sites for hydroxylation is 1. The molecule has 130 valence electrons. The van der Waals surface area contributed by atoms with Crippen molar-refractivity contribution in [3.8, 4) is 5.75 Å². The van der Waals surface area contributed by atoms with Gasteiger partial charge in [-0.3, -0.25) is 9.59 Å². The van der Waals surface area contributed by atoms with Crippen molar-refractivity contribution in [1.82, 2.24) is 0 Å². The lowest BCUT2D eigenvalue weighted by Gasteiger charge is -2.28. The molecule has 0 aromatic heterocycles. The van der Waals surface area contributed by atoms with Gasteiger partial charge in [0.05, 0.1) is 12.7 Å². The van der Waals surface area contributed by atoms with Crippen LogP contribution in [0.5, 0.6) is 5.75 Å². The van der Waals surface area contributed by atoms with Crippen LogP contribution in [0.1, 0.15) is 29.3 Å². The number of carbonyl (C=O) groups is 2. The molecule has 0 saturated heterocycles. The van der Waals surface area contributed by atoms with E-state index in [1.807, 2.05) is 19.1 Å². The summed E-state index contributed by atoms with van der Waals surface area (Å²) in [5.41, 5.74) is 3.02. The molecule has 1 aliphatic heterocycles. The van der Waals surface area contributed by atoms with E-state index in [4.69, 9.17) is 16.3 Å². The molecule has 0 spiro atoms. The average molecular weight is 359 g/mol. The summed E-state index contributed by atoms with van der Waals surface area (Å²) in [4.78, 5) is 26.3. The minimum absolute atomic E-state index is 0.135. The predicted molar refractivity (Wildman–Crippen MR) is 98.7 cm³/mol. The van der Waals surface area contributed by atoms with E-state index >= 15 is 0 Å². The van der Waals surface area contributed by atoms with Crippen molar-refractivity contribution in [2.24, 2.45) is 0 Å². The zero-order valence-corrected chi connectivity index (χ0v) is 14.9. The van der Waals surface area contributed by atoms with Gasteiger partial charge in [-0.25, -0.2) is 0 Å². The molecule has 2 amide bonds. The summed E-state index contributed by atoms with van der Waals surface area (Å²) in [6, 6.07) is 10.5. The molecule has 6 heteroatoms. The molecule has 2 aromatic rings. The largest absolute Gasteiger partial charge is 0.496 e. The zero-order chi connectivity index (χ0) is 18.0. The van der Waals surface area contributed by atoms with Crippen LogP contribution in [0, 0.1) is 0 Å². The molecule has 2 aromatic carbocycles. The number of methoxy groups -OCH3 is 1. The number of halogens is 1. The summed E-state index contributed by atoms with van der Waals surface area (Å²) in [5.74, 6) is 0.302. The molecule has 0 fully saturated rings. The van der Waals surface area contributed by atoms with Crippen molar-refractivity contribution in [3.05, 3.63) is 52.5 Å². The monoisotopic (exact) mass is 358 g/mol. The highest BCUT2D eigenvalue weighted by molar-refractivity contribution is 6.31. The first-order valence-corrected chi connectivity index (χ1v) is 8.49. The fraction of sp³-hybridized carbons (Fsp3) is 0.263. The van der Waals surface area contributed by atoms with Gasteiger partial charge in [-0.05, 0) is 55.3 Å². The number of ether oxygens (including phenoxy) is 1. The first-order valence-electron chi connectivity index (χ1n) is 8.11. The van der Waals surface area contributed by atoms with E-state index in [9.17, 15) is 9.59 Å². The first kappa shape index (κ1) is 17.3. The van der Waals surface area contributed by atoms with E-state index in [0.717, 1.165) is 11.3 Å². The van der Waals surface area contributed by atoms with Crippen molar-refractivity contribution >= 4 is 34.8 Å². The lowest BCUT2D eigenvalue weighted by Crippen LogP contribution is -2.34. The molecular formula is C19H19ClN2O3. The standard InChI is InChI=1S/C19H19ClN2O3/c1-3-22-16-7-6-14(10-12(16)4-9-18(22)23)21-19(24)15-11-13(20)5-8-17(15)25-2/h5-8,10-11H,3-4,9H2,1-2H3,(H,21,24). The normalized spacial score (nSPS) is 13.4. The fourth-order valence-electron chi connectivity index (χ4n) is 3.04. The number of nitrogens with zero attached hydrogens (tertiary/aromatic N) is 1. The highest BCUT2D eigenvalue weighted by atomic mass is 35.5. The Morgan fingerprint density at radius 3 is 2.76 bits per heavy atom. The maximum Gasteiger partial charge on any atom is 0.259 e. The molecule has 25 heavy (non-hydrogen) atoms. The molecule has 3 rings (SSSR count). The van der Waals surface area contributed by atoms with E-state index in [0.29, 0.717) is 41.4 Å². The molecule has 0 unspecified atom stereocenters. The number of fused-ring (bicyclic) bond motifs is 1. The molecule has 1 aliphatic rings. The van der Waals surface area contributed by atoms with Crippen LogP contribution in [0.2, 0.25) is 5.02 Å². The van der Waals surface area contributed by atoms with Gasteiger partial charge in [-0.2, -0.15) is 0 Å². The predicted octanol–water partition coefficient (Wildman–Crippen LogP) is 3.90. The summed E-state index contributed by atoms with van der Waals surface area (Å²) in [5, 5.41) is 3.34. The molecule has 0 radical (unpaired) electrons. The average Bonchev–Trinajstić information content (AvgIpc) is 2.61. The number of nitrogens with one attached hydrogen (secondary N) is 1. The SMILES string of the molecule is CCN1C(=O)CCc2cc(NC(=O)c3cc(Cl)ccc3OC)ccc21. The van der Waals surface area contributed by atoms with E-state index in [2.05, 4.69) is 5.32 Å². The van der Waals surface area contributed by atoms with Crippen LogP contribution in [-0.2, 0) is 11.2 Å². The molecule has 0 aliphatic carbocycles. The molecule has 0 bridgehead atoms. The summed E-state index contributed by atoms with van der Waals surface area (Å²) >= 11 is 5.99. The third-order valence-corrected chi connectivity index (χ3v) is 4.49. The Bertz CT molecular complexity index is 835. The van der Waals surface area contributed by atoms with Gasteiger partial charge < -0.3 is 15.0 Å². The van der Waals surface area contributed by atoms with Crippen LogP contribution in [0.15, 0.2) is 36.4 Å². The number of benzene rings is 2. The topological polar surface area (TPSA) is 58.6 Å². The second-order valence-electron chi connectivity index (χ2n) is 5.78. The second-order valence-corrected chi connectivity index (χ2v) is 6.22. The van der Waals surface area contributed by atoms with Crippen LogP contribution in [0.3, 0.4) is 0 Å². The minimum Gasteiger partial charge on any atom is -0.496 e. The fourth-order valence-corrected chi connectivity index (χ4v) is 3.21. The number of hydrogen-bond donors (Lipinski definition) is 1. The maximum atomic E-state index is 12.6. The number of rotatable bonds is 4. The molecule has 0 atom stereocenters. The molecule has 0 saturated carbocycles. The molecular weight excluding hydrogens is 340 g/mol. The summed E-state index contributed by atoms with van der Waals surface area (Å²) in [7, 11) is 1.51. The third kappa shape index (κ3) is 3.46. The lowest BCUT2D eigenvalue weighted by molar-refractivity contribution is -0.118. The number of anilines is 2. The van der Waals surface area contributed by atoms with Gasteiger partial charge in [-0.1, -0.05) is 11.6 Å². The minimum atomic E-state index is -0.293. The van der Waals surface area contributed by atoms with Gasteiger partial charge in [0.25, 0.3) is 5.91 Å². The van der Waals surface area contributed by atoms with E-state index in [1.54, 1.807) is 29.2 Å². The Kier molecular flexibility index (Phi) is 4.95. The second kappa shape index (κ2) is 7.15. The van der Waals surface area contributed by atoms with Gasteiger partial charge in [-0.15, -0.1) is 0 Å². The van der Waals surface area contributed by atoms with Crippen LogP contribution >= 0.6 is 11.6 Å². The Labute approximate surface area is 151 Å². The highest BCUT2D eigenvalue weighted by Crippen LogP contribution is 2.31. The van der Waals surface area contributed by atoms with Gasteiger partial charge >= 0.3 is 0 Å². The number of carbonyl (C=O) groups excluding carboxylic acids is 2. The van der Waals surface area contributed by atoms with Crippen LogP contribution < -0.4 is 15.0 Å². The maximum absolute atomic E-state index is 12.6. The zero-order valence-electron chi connectivity index (χ0n) is 14.1. The van der Waals surface area contributed by atoms with Crippen molar-refractivity contribution in [2.75, 3.05) is 23.9 Å². The smallest absolute Gasteiger partial charge is 0.259 e. The van der Waals surface area contributed by atoms with E-state index in [1.165, 1.54) is 7.11 Å². The van der Waals surface area contributed by atoms with Crippen molar-refractivity contribution in [1.29, 1.82) is 0 Å². The highest BCUT2D eigenvalue weighted by Gasteiger charge is 2.23. The van der Waals surface area contributed by atoms with Gasteiger partial charge in [0.1, 0.15) is 5.75 Å². The van der Waals surface area contributed by atoms with E-state index in [-0.39, 0.29) is 11.8 Å². The third-order valence-electron chi connectivity index (χ3n) is 4.26. The van der Waals surface area contributed by atoms with Crippen molar-refractivity contribution < 1.29 is 14.3 Å². The Hall–Kier alpha value is -2.53. The Balaban J connectivity index is 1.86. The molecule has 5 nitrogen and oxygen atoms in total. The van der Waals surface area contributed by atoms with Crippen LogP contribution in [-0.4, -0.2) is 25.5 Å². The Morgan fingerprint density at radius 1 is 1.24 bits per heavy atom. The summed E-state index contributed by atoms with van der Waals surface area (Å²) < 4.78 is 5.23. The first-order chi connectivity index (χ1) is 12.0.